The summed E-state index contributed by atoms with van der Waals surface area (Å²) in [5.74, 6) is -0.425. The van der Waals surface area contributed by atoms with Crippen molar-refractivity contribution in [3.63, 3.8) is 0 Å². The summed E-state index contributed by atoms with van der Waals surface area (Å²) < 4.78 is 73.2. The van der Waals surface area contributed by atoms with Gasteiger partial charge in [-0.05, 0) is 18.6 Å². The van der Waals surface area contributed by atoms with Gasteiger partial charge in [0.15, 0.2) is 5.89 Å². The lowest BCUT2D eigenvalue weighted by Gasteiger charge is -2.26. The molecule has 1 N–H and O–H groups in total. The Morgan fingerprint density at radius 3 is 2.60 bits per heavy atom. The highest BCUT2D eigenvalue weighted by atomic mass is 32.2. The maximum absolute atomic E-state index is 13.1. The zero-order chi connectivity index (χ0) is 21.5. The van der Waals surface area contributed by atoms with Gasteiger partial charge >= 0.3 is 6.18 Å². The number of halogens is 3. The Bertz CT molecular complexity index is 1150. The van der Waals surface area contributed by atoms with E-state index in [2.05, 4.69) is 19.9 Å². The molecule has 1 unspecified atom stereocenters. The smallest absolute Gasteiger partial charge is 0.393 e. The number of fused-ring (bicyclic) bond motifs is 1. The molecule has 0 amide bonds. The second-order valence-electron chi connectivity index (χ2n) is 7.02. The van der Waals surface area contributed by atoms with E-state index in [0.29, 0.717) is 23.0 Å². The summed E-state index contributed by atoms with van der Waals surface area (Å²) in [5.41, 5.74) is 1.27. The number of nitrogens with one attached hydrogen (secondary N) is 1. The van der Waals surface area contributed by atoms with Gasteiger partial charge in [-0.2, -0.15) is 13.2 Å². The van der Waals surface area contributed by atoms with Gasteiger partial charge in [0.05, 0.1) is 17.4 Å². The Morgan fingerprint density at radius 2 is 1.97 bits per heavy atom. The van der Waals surface area contributed by atoms with E-state index in [9.17, 15) is 21.6 Å². The van der Waals surface area contributed by atoms with Crippen LogP contribution in [0, 0.1) is 12.8 Å². The third kappa shape index (κ3) is 4.10. The van der Waals surface area contributed by atoms with Gasteiger partial charge in [0, 0.05) is 25.5 Å². The number of rotatable bonds is 5. The second-order valence-corrected chi connectivity index (χ2v) is 8.79. The normalized spacial score (nSPS) is 17.1. The van der Waals surface area contributed by atoms with Gasteiger partial charge in [-0.25, -0.2) is 18.1 Å². The minimum absolute atomic E-state index is 0.0121. The minimum Gasteiger partial charge on any atom is -0.449 e. The van der Waals surface area contributed by atoms with Crippen LogP contribution in [0.15, 0.2) is 39.8 Å². The Kier molecular flexibility index (Phi) is 5.14. The Hall–Kier alpha value is -2.73. The van der Waals surface area contributed by atoms with Crippen LogP contribution in [0.2, 0.25) is 0 Å². The fourth-order valence-corrected chi connectivity index (χ4v) is 4.30. The van der Waals surface area contributed by atoms with E-state index in [1.807, 2.05) is 0 Å². The van der Waals surface area contributed by atoms with Gasteiger partial charge < -0.3 is 8.98 Å². The number of benzene rings is 1. The van der Waals surface area contributed by atoms with E-state index in [4.69, 9.17) is 4.42 Å². The molecule has 30 heavy (non-hydrogen) atoms. The summed E-state index contributed by atoms with van der Waals surface area (Å²) >= 11 is 0. The van der Waals surface area contributed by atoms with Crippen molar-refractivity contribution in [2.75, 3.05) is 0 Å². The summed E-state index contributed by atoms with van der Waals surface area (Å²) in [6, 6.07) is 6.03. The van der Waals surface area contributed by atoms with E-state index in [-0.39, 0.29) is 36.7 Å². The van der Waals surface area contributed by atoms with Gasteiger partial charge in [0.1, 0.15) is 23.6 Å². The molecule has 1 atom stereocenters. The maximum Gasteiger partial charge on any atom is 0.393 e. The molecule has 160 valence electrons. The third-order valence-electron chi connectivity index (χ3n) is 4.99. The first-order chi connectivity index (χ1) is 14.1. The second kappa shape index (κ2) is 7.51. The van der Waals surface area contributed by atoms with Crippen LogP contribution in [0.1, 0.15) is 24.0 Å². The van der Waals surface area contributed by atoms with E-state index < -0.39 is 22.1 Å². The van der Waals surface area contributed by atoms with Crippen molar-refractivity contribution in [2.24, 2.45) is 5.92 Å². The highest BCUT2D eigenvalue weighted by Crippen LogP contribution is 2.34. The largest absolute Gasteiger partial charge is 0.449 e. The van der Waals surface area contributed by atoms with Crippen LogP contribution < -0.4 is 4.72 Å². The van der Waals surface area contributed by atoms with Crippen LogP contribution in [0.3, 0.4) is 0 Å². The number of alkyl halides is 3. The molecular formula is C18H18F3N5O3S. The number of oxazole rings is 1. The molecule has 1 aromatic carbocycles. The fraction of sp³-hybridized carbons (Fsp3) is 0.389. The fourth-order valence-electron chi connectivity index (χ4n) is 3.32. The molecule has 0 radical (unpaired) electrons. The Labute approximate surface area is 170 Å². The van der Waals surface area contributed by atoms with E-state index >= 15 is 0 Å². The highest BCUT2D eigenvalue weighted by molar-refractivity contribution is 7.89. The first-order valence-corrected chi connectivity index (χ1v) is 10.6. The summed E-state index contributed by atoms with van der Waals surface area (Å²) in [4.78, 5) is 4.19. The van der Waals surface area contributed by atoms with Crippen molar-refractivity contribution in [1.29, 1.82) is 0 Å². The number of aromatic nitrogens is 4. The predicted molar refractivity (Wildman–Crippen MR) is 98.6 cm³/mol. The van der Waals surface area contributed by atoms with Crippen molar-refractivity contribution in [2.45, 2.75) is 43.9 Å². The van der Waals surface area contributed by atoms with Gasteiger partial charge in [0.2, 0.25) is 10.0 Å². The monoisotopic (exact) mass is 441 g/mol. The predicted octanol–water partition coefficient (Wildman–Crippen LogP) is 2.84. The highest BCUT2D eigenvalue weighted by Gasteiger charge is 2.42. The standard InChI is InChI=1S/C18H18F3N5O3S/c1-11-23-15(10-29-11)12-2-5-14(6-3-12)30(27,28)22-8-17-25-24-16-7-4-13(9-26(16)17)18(19,20)21/h2-3,5-6,10,13,22H,4,7-9H2,1H3. The average molecular weight is 441 g/mol. The Balaban J connectivity index is 1.47. The lowest BCUT2D eigenvalue weighted by molar-refractivity contribution is -0.182. The molecule has 3 heterocycles. The molecule has 12 heteroatoms. The molecule has 2 aromatic heterocycles. The summed E-state index contributed by atoms with van der Waals surface area (Å²) in [6.07, 6.45) is -2.75. The molecule has 0 bridgehead atoms. The van der Waals surface area contributed by atoms with Crippen molar-refractivity contribution < 1.29 is 26.0 Å². The van der Waals surface area contributed by atoms with Crippen molar-refractivity contribution in [3.05, 3.63) is 48.1 Å². The molecular weight excluding hydrogens is 423 g/mol. The number of nitrogens with zero attached hydrogens (tertiary/aromatic N) is 4. The summed E-state index contributed by atoms with van der Waals surface area (Å²) in [7, 11) is -3.90. The third-order valence-corrected chi connectivity index (χ3v) is 6.40. The molecule has 3 aromatic rings. The lowest BCUT2D eigenvalue weighted by atomic mass is 9.99. The first-order valence-electron chi connectivity index (χ1n) is 9.13. The summed E-state index contributed by atoms with van der Waals surface area (Å²) in [5, 5.41) is 7.76. The number of aryl methyl sites for hydroxylation is 2. The van der Waals surface area contributed by atoms with Crippen LogP contribution >= 0.6 is 0 Å². The quantitative estimate of drug-likeness (QED) is 0.653. The number of hydrogen-bond donors (Lipinski definition) is 1. The molecule has 0 saturated carbocycles. The van der Waals surface area contributed by atoms with Crippen LogP contribution in [0.5, 0.6) is 0 Å². The molecule has 0 aliphatic carbocycles. The zero-order valence-electron chi connectivity index (χ0n) is 15.8. The molecule has 0 fully saturated rings. The molecule has 0 spiro atoms. The number of sulfonamides is 1. The minimum atomic E-state index is -4.32. The molecule has 0 saturated heterocycles. The van der Waals surface area contributed by atoms with Crippen molar-refractivity contribution >= 4 is 10.0 Å². The van der Waals surface area contributed by atoms with Crippen LogP contribution in [-0.4, -0.2) is 34.3 Å². The van der Waals surface area contributed by atoms with E-state index in [0.717, 1.165) is 0 Å². The lowest BCUT2D eigenvalue weighted by Crippen LogP contribution is -2.34. The van der Waals surface area contributed by atoms with Gasteiger partial charge in [0.25, 0.3) is 0 Å². The number of hydrogen-bond acceptors (Lipinski definition) is 6. The SMILES string of the molecule is Cc1nc(-c2ccc(S(=O)(=O)NCc3nnc4n3CC(C(F)(F)F)CC4)cc2)co1. The van der Waals surface area contributed by atoms with Gasteiger partial charge in [-0.15, -0.1) is 10.2 Å². The zero-order valence-corrected chi connectivity index (χ0v) is 16.7. The van der Waals surface area contributed by atoms with Crippen LogP contribution in [0.4, 0.5) is 13.2 Å². The van der Waals surface area contributed by atoms with Crippen LogP contribution in [-0.2, 0) is 29.5 Å². The maximum atomic E-state index is 13.1. The Morgan fingerprint density at radius 1 is 1.23 bits per heavy atom. The molecule has 1 aliphatic rings. The summed E-state index contributed by atoms with van der Waals surface area (Å²) in [6.45, 7) is 1.13. The molecule has 8 nitrogen and oxygen atoms in total. The van der Waals surface area contributed by atoms with Crippen molar-refractivity contribution in [3.8, 4) is 11.3 Å². The van der Waals surface area contributed by atoms with E-state index in [1.54, 1.807) is 19.1 Å². The van der Waals surface area contributed by atoms with Gasteiger partial charge in [-0.1, -0.05) is 12.1 Å². The van der Waals surface area contributed by atoms with Gasteiger partial charge in [-0.3, -0.25) is 0 Å². The van der Waals surface area contributed by atoms with Crippen LogP contribution in [0.25, 0.3) is 11.3 Å². The topological polar surface area (TPSA) is 103 Å². The van der Waals surface area contributed by atoms with E-state index in [1.165, 1.54) is 23.0 Å². The average Bonchev–Trinajstić information content (AvgIpc) is 3.31. The van der Waals surface area contributed by atoms with Crippen molar-refractivity contribution in [1.82, 2.24) is 24.5 Å². The first kappa shape index (κ1) is 20.5. The molecule has 1 aliphatic heterocycles. The molecule has 4 rings (SSSR count).